The summed E-state index contributed by atoms with van der Waals surface area (Å²) in [6.07, 6.45) is 1.06. The van der Waals surface area contributed by atoms with Gasteiger partial charge in [-0.05, 0) is 20.8 Å². The Hall–Kier alpha value is -1.61. The van der Waals surface area contributed by atoms with Gasteiger partial charge in [0, 0.05) is 41.9 Å². The highest BCUT2D eigenvalue weighted by atomic mass is 15.2. The molecule has 0 saturated carbocycles. The fourth-order valence-corrected chi connectivity index (χ4v) is 2.70. The molecule has 1 N–H and O–H groups in total. The van der Waals surface area contributed by atoms with Crippen molar-refractivity contribution < 1.29 is 0 Å². The fourth-order valence-electron chi connectivity index (χ4n) is 2.70. The molecule has 0 saturated heterocycles. The lowest BCUT2D eigenvalue weighted by atomic mass is 9.96. The average Bonchev–Trinajstić information content (AvgIpc) is 2.81. The van der Waals surface area contributed by atoms with Gasteiger partial charge in [0.25, 0.3) is 0 Å². The van der Waals surface area contributed by atoms with Crippen LogP contribution in [0.3, 0.4) is 0 Å². The Bertz CT molecular complexity index is 563. The minimum absolute atomic E-state index is 0.211. The van der Waals surface area contributed by atoms with Gasteiger partial charge in [-0.1, -0.05) is 30.3 Å². The molecule has 0 amide bonds. The van der Waals surface area contributed by atoms with E-state index in [1.165, 1.54) is 16.8 Å². The Labute approximate surface area is 114 Å². The van der Waals surface area contributed by atoms with Crippen molar-refractivity contribution in [3.63, 3.8) is 0 Å². The minimum Gasteiger partial charge on any atom is -0.294 e. The monoisotopic (exact) mass is 255 g/mol. The van der Waals surface area contributed by atoms with Crippen molar-refractivity contribution in [3.8, 4) is 11.3 Å². The molecule has 1 aromatic heterocycles. The van der Waals surface area contributed by atoms with Gasteiger partial charge in [0.15, 0.2) is 0 Å². The molecule has 3 heteroatoms. The highest BCUT2D eigenvalue weighted by Crippen LogP contribution is 2.30. The van der Waals surface area contributed by atoms with Crippen molar-refractivity contribution in [3.05, 3.63) is 41.6 Å². The summed E-state index contributed by atoms with van der Waals surface area (Å²) in [6, 6.07) is 10.4. The van der Waals surface area contributed by atoms with E-state index in [2.05, 4.69) is 60.1 Å². The number of nitrogens with one attached hydrogen (secondary N) is 1. The van der Waals surface area contributed by atoms with Crippen molar-refractivity contribution in [1.29, 1.82) is 0 Å². The maximum atomic E-state index is 4.53. The summed E-state index contributed by atoms with van der Waals surface area (Å²) < 4.78 is 0. The van der Waals surface area contributed by atoms with Crippen LogP contribution in [0.4, 0.5) is 0 Å². The van der Waals surface area contributed by atoms with E-state index >= 15 is 0 Å². The molecule has 0 radical (unpaired) electrons. The Morgan fingerprint density at radius 1 is 1.16 bits per heavy atom. The van der Waals surface area contributed by atoms with Crippen molar-refractivity contribution in [2.45, 2.75) is 39.3 Å². The van der Waals surface area contributed by atoms with E-state index in [0.717, 1.165) is 25.2 Å². The number of nitrogens with zero attached hydrogens (tertiary/aromatic N) is 2. The van der Waals surface area contributed by atoms with Crippen LogP contribution in [0.15, 0.2) is 30.3 Å². The van der Waals surface area contributed by atoms with Crippen LogP contribution in [-0.2, 0) is 13.0 Å². The zero-order chi connectivity index (χ0) is 13.5. The summed E-state index contributed by atoms with van der Waals surface area (Å²) in [5.41, 5.74) is 5.20. The molecule has 1 aliphatic heterocycles. The molecule has 0 fully saturated rings. The van der Waals surface area contributed by atoms with Gasteiger partial charge >= 0.3 is 0 Å². The number of benzene rings is 1. The predicted molar refractivity (Wildman–Crippen MR) is 77.9 cm³/mol. The van der Waals surface area contributed by atoms with Gasteiger partial charge in [0.2, 0.25) is 0 Å². The van der Waals surface area contributed by atoms with Crippen LogP contribution in [0.2, 0.25) is 0 Å². The molecular weight excluding hydrogens is 234 g/mol. The molecule has 0 atom stereocenters. The second-order valence-corrected chi connectivity index (χ2v) is 6.24. The lowest BCUT2D eigenvalue weighted by molar-refractivity contribution is 0.120. The standard InChI is InChI=1S/C16H21N3/c1-16(2,3)19-10-9-14-13(11-19)15(18-17-14)12-7-5-4-6-8-12/h4-8H,9-11H2,1-3H3,(H,17,18). The Morgan fingerprint density at radius 3 is 2.58 bits per heavy atom. The number of hydrogen-bond acceptors (Lipinski definition) is 2. The van der Waals surface area contributed by atoms with Crippen LogP contribution in [0, 0.1) is 0 Å². The Balaban J connectivity index is 1.98. The molecule has 0 unspecified atom stereocenters. The molecule has 19 heavy (non-hydrogen) atoms. The summed E-state index contributed by atoms with van der Waals surface area (Å²) in [5, 5.41) is 7.75. The van der Waals surface area contributed by atoms with E-state index in [1.807, 2.05) is 6.07 Å². The van der Waals surface area contributed by atoms with Gasteiger partial charge in [0.1, 0.15) is 0 Å². The van der Waals surface area contributed by atoms with Crippen molar-refractivity contribution in [1.82, 2.24) is 15.1 Å². The van der Waals surface area contributed by atoms with Gasteiger partial charge in [-0.3, -0.25) is 10.00 Å². The molecule has 1 aliphatic rings. The van der Waals surface area contributed by atoms with E-state index in [9.17, 15) is 0 Å². The third kappa shape index (κ3) is 2.30. The number of hydrogen-bond donors (Lipinski definition) is 1. The maximum absolute atomic E-state index is 4.53. The molecule has 100 valence electrons. The lowest BCUT2D eigenvalue weighted by Gasteiger charge is -2.38. The summed E-state index contributed by atoms with van der Waals surface area (Å²) in [6.45, 7) is 8.92. The van der Waals surface area contributed by atoms with Crippen LogP contribution in [0.25, 0.3) is 11.3 Å². The van der Waals surface area contributed by atoms with Gasteiger partial charge in [-0.25, -0.2) is 0 Å². The number of aromatic nitrogens is 2. The second kappa shape index (κ2) is 4.49. The quantitative estimate of drug-likeness (QED) is 0.848. The third-order valence-electron chi connectivity index (χ3n) is 3.93. The molecule has 1 aromatic carbocycles. The van der Waals surface area contributed by atoms with Crippen LogP contribution in [-0.4, -0.2) is 27.2 Å². The Morgan fingerprint density at radius 2 is 1.89 bits per heavy atom. The normalized spacial score (nSPS) is 16.4. The van der Waals surface area contributed by atoms with E-state index in [0.29, 0.717) is 0 Å². The molecule has 0 aliphatic carbocycles. The van der Waals surface area contributed by atoms with Crippen molar-refractivity contribution in [2.75, 3.05) is 6.54 Å². The van der Waals surface area contributed by atoms with Gasteiger partial charge in [-0.15, -0.1) is 0 Å². The fraction of sp³-hybridized carbons (Fsp3) is 0.438. The van der Waals surface area contributed by atoms with Gasteiger partial charge in [0.05, 0.1) is 5.69 Å². The summed E-state index contributed by atoms with van der Waals surface area (Å²) >= 11 is 0. The topological polar surface area (TPSA) is 31.9 Å². The van der Waals surface area contributed by atoms with E-state index in [4.69, 9.17) is 0 Å². The van der Waals surface area contributed by atoms with Crippen molar-refractivity contribution in [2.24, 2.45) is 0 Å². The van der Waals surface area contributed by atoms with E-state index < -0.39 is 0 Å². The largest absolute Gasteiger partial charge is 0.294 e. The molecule has 3 rings (SSSR count). The molecule has 2 aromatic rings. The number of H-pyrrole nitrogens is 1. The average molecular weight is 255 g/mol. The SMILES string of the molecule is CC(C)(C)N1CCc2[nH]nc(-c3ccccc3)c2C1. The molecule has 2 heterocycles. The van der Waals surface area contributed by atoms with Gasteiger partial charge in [-0.2, -0.15) is 5.10 Å². The summed E-state index contributed by atoms with van der Waals surface area (Å²) in [7, 11) is 0. The first-order valence-corrected chi connectivity index (χ1v) is 6.92. The van der Waals surface area contributed by atoms with Crippen LogP contribution >= 0.6 is 0 Å². The van der Waals surface area contributed by atoms with Crippen LogP contribution in [0.1, 0.15) is 32.0 Å². The first-order chi connectivity index (χ1) is 9.05. The number of rotatable bonds is 1. The zero-order valence-electron chi connectivity index (χ0n) is 11.9. The number of aromatic amines is 1. The van der Waals surface area contributed by atoms with E-state index in [1.54, 1.807) is 0 Å². The van der Waals surface area contributed by atoms with Crippen molar-refractivity contribution >= 4 is 0 Å². The summed E-state index contributed by atoms with van der Waals surface area (Å²) in [5.74, 6) is 0. The van der Waals surface area contributed by atoms with Crippen LogP contribution < -0.4 is 0 Å². The minimum atomic E-state index is 0.211. The molecule has 0 bridgehead atoms. The van der Waals surface area contributed by atoms with Crippen LogP contribution in [0.5, 0.6) is 0 Å². The summed E-state index contributed by atoms with van der Waals surface area (Å²) in [4.78, 5) is 2.53. The zero-order valence-corrected chi connectivity index (χ0v) is 11.9. The second-order valence-electron chi connectivity index (χ2n) is 6.24. The first kappa shape index (κ1) is 12.4. The third-order valence-corrected chi connectivity index (χ3v) is 3.93. The predicted octanol–water partition coefficient (Wildman–Crippen LogP) is 3.23. The molecule has 3 nitrogen and oxygen atoms in total. The van der Waals surface area contributed by atoms with E-state index in [-0.39, 0.29) is 5.54 Å². The van der Waals surface area contributed by atoms with Gasteiger partial charge < -0.3 is 0 Å². The molecular formula is C16H21N3. The lowest BCUT2D eigenvalue weighted by Crippen LogP contribution is -2.44. The highest BCUT2D eigenvalue weighted by Gasteiger charge is 2.28. The molecule has 0 spiro atoms. The Kier molecular flexibility index (Phi) is 2.94. The maximum Gasteiger partial charge on any atom is 0.0968 e. The number of fused-ring (bicyclic) bond motifs is 1. The first-order valence-electron chi connectivity index (χ1n) is 6.92. The highest BCUT2D eigenvalue weighted by molar-refractivity contribution is 5.64. The smallest absolute Gasteiger partial charge is 0.0968 e.